The van der Waals surface area contributed by atoms with Crippen LogP contribution in [0.3, 0.4) is 0 Å². The summed E-state index contributed by atoms with van der Waals surface area (Å²) in [7, 11) is 0. The first kappa shape index (κ1) is 15.3. The molecule has 0 atom stereocenters. The molecule has 0 aliphatic carbocycles. The van der Waals surface area contributed by atoms with Crippen LogP contribution in [-0.2, 0) is 6.42 Å². The van der Waals surface area contributed by atoms with Gasteiger partial charge in [0, 0.05) is 24.1 Å². The fourth-order valence-corrected chi connectivity index (χ4v) is 2.22. The molecule has 0 amide bonds. The van der Waals surface area contributed by atoms with E-state index in [9.17, 15) is 0 Å². The highest BCUT2D eigenvalue weighted by Crippen LogP contribution is 2.27. The normalized spacial score (nSPS) is 10.5. The average molecular weight is 285 g/mol. The molecule has 21 heavy (non-hydrogen) atoms. The van der Waals surface area contributed by atoms with Crippen molar-refractivity contribution in [1.29, 1.82) is 0 Å². The molecule has 2 rings (SSSR count). The SMILES string of the molecule is CCNc1nc(CC)nc(-c2ccc(OCC)cc2)c1C. The Labute approximate surface area is 126 Å². The predicted octanol–water partition coefficient (Wildman–Crippen LogP) is 3.84. The van der Waals surface area contributed by atoms with Crippen LogP contribution in [0.5, 0.6) is 5.75 Å². The van der Waals surface area contributed by atoms with Crippen LogP contribution in [0.1, 0.15) is 32.2 Å². The monoisotopic (exact) mass is 285 g/mol. The van der Waals surface area contributed by atoms with E-state index in [2.05, 4.69) is 48.2 Å². The third-order valence-electron chi connectivity index (χ3n) is 3.29. The van der Waals surface area contributed by atoms with Gasteiger partial charge in [0.25, 0.3) is 0 Å². The van der Waals surface area contributed by atoms with Crippen molar-refractivity contribution >= 4 is 5.82 Å². The summed E-state index contributed by atoms with van der Waals surface area (Å²) in [5.74, 6) is 2.67. The topological polar surface area (TPSA) is 47.0 Å². The van der Waals surface area contributed by atoms with Crippen LogP contribution in [0.25, 0.3) is 11.3 Å². The molecule has 1 N–H and O–H groups in total. The second-order valence-electron chi connectivity index (χ2n) is 4.80. The first-order valence-electron chi connectivity index (χ1n) is 7.54. The van der Waals surface area contributed by atoms with Gasteiger partial charge in [-0.25, -0.2) is 9.97 Å². The Hall–Kier alpha value is -2.10. The molecule has 0 aliphatic rings. The molecule has 0 saturated heterocycles. The van der Waals surface area contributed by atoms with Crippen molar-refractivity contribution < 1.29 is 4.74 Å². The van der Waals surface area contributed by atoms with Gasteiger partial charge in [0.05, 0.1) is 12.3 Å². The number of rotatable bonds is 6. The summed E-state index contributed by atoms with van der Waals surface area (Å²) in [6.07, 6.45) is 0.822. The lowest BCUT2D eigenvalue weighted by molar-refractivity contribution is 0.340. The molecule has 0 saturated carbocycles. The summed E-state index contributed by atoms with van der Waals surface area (Å²) < 4.78 is 5.49. The van der Waals surface area contributed by atoms with Crippen LogP contribution in [0.4, 0.5) is 5.82 Å². The highest BCUT2D eigenvalue weighted by atomic mass is 16.5. The van der Waals surface area contributed by atoms with E-state index >= 15 is 0 Å². The Bertz CT molecular complexity index is 594. The van der Waals surface area contributed by atoms with E-state index in [1.165, 1.54) is 0 Å². The van der Waals surface area contributed by atoms with Gasteiger partial charge in [0.2, 0.25) is 0 Å². The van der Waals surface area contributed by atoms with Crippen molar-refractivity contribution in [3.05, 3.63) is 35.7 Å². The predicted molar refractivity (Wildman–Crippen MR) is 86.9 cm³/mol. The third kappa shape index (κ3) is 3.51. The number of ether oxygens (including phenoxy) is 1. The maximum absolute atomic E-state index is 5.49. The number of anilines is 1. The van der Waals surface area contributed by atoms with Gasteiger partial charge in [-0.15, -0.1) is 0 Å². The molecule has 0 radical (unpaired) electrons. The molecule has 1 aromatic heterocycles. The highest BCUT2D eigenvalue weighted by Gasteiger charge is 2.11. The summed E-state index contributed by atoms with van der Waals surface area (Å²) >= 11 is 0. The lowest BCUT2D eigenvalue weighted by Gasteiger charge is -2.13. The zero-order chi connectivity index (χ0) is 15.2. The lowest BCUT2D eigenvalue weighted by Crippen LogP contribution is -2.07. The van der Waals surface area contributed by atoms with E-state index in [-0.39, 0.29) is 0 Å². The summed E-state index contributed by atoms with van der Waals surface area (Å²) in [6, 6.07) is 8.07. The molecular formula is C17H23N3O. The van der Waals surface area contributed by atoms with Crippen LogP contribution in [0, 0.1) is 6.92 Å². The number of nitrogens with one attached hydrogen (secondary N) is 1. The number of hydrogen-bond donors (Lipinski definition) is 1. The van der Waals surface area contributed by atoms with Crippen LogP contribution in [0.15, 0.2) is 24.3 Å². The van der Waals surface area contributed by atoms with E-state index in [1.54, 1.807) is 0 Å². The van der Waals surface area contributed by atoms with Crippen LogP contribution in [-0.4, -0.2) is 23.1 Å². The maximum atomic E-state index is 5.49. The second-order valence-corrected chi connectivity index (χ2v) is 4.80. The third-order valence-corrected chi connectivity index (χ3v) is 3.29. The Balaban J connectivity index is 2.43. The summed E-state index contributed by atoms with van der Waals surface area (Å²) in [5, 5.41) is 3.32. The Morgan fingerprint density at radius 2 is 1.76 bits per heavy atom. The largest absolute Gasteiger partial charge is 0.494 e. The van der Waals surface area contributed by atoms with Crippen molar-refractivity contribution in [2.45, 2.75) is 34.1 Å². The van der Waals surface area contributed by atoms with Crippen LogP contribution < -0.4 is 10.1 Å². The fourth-order valence-electron chi connectivity index (χ4n) is 2.22. The number of aromatic nitrogens is 2. The van der Waals surface area contributed by atoms with Crippen LogP contribution in [0.2, 0.25) is 0 Å². The van der Waals surface area contributed by atoms with Crippen molar-refractivity contribution in [2.24, 2.45) is 0 Å². The molecule has 112 valence electrons. The van der Waals surface area contributed by atoms with E-state index in [0.717, 1.165) is 47.2 Å². The minimum atomic E-state index is 0.677. The summed E-state index contributed by atoms with van der Waals surface area (Å²) in [5.41, 5.74) is 3.16. The molecule has 1 heterocycles. The molecule has 0 unspecified atom stereocenters. The van der Waals surface area contributed by atoms with Crippen molar-refractivity contribution in [3.63, 3.8) is 0 Å². The molecule has 0 aliphatic heterocycles. The maximum Gasteiger partial charge on any atom is 0.133 e. The van der Waals surface area contributed by atoms with Crippen molar-refractivity contribution in [2.75, 3.05) is 18.5 Å². The van der Waals surface area contributed by atoms with Crippen LogP contribution >= 0.6 is 0 Å². The molecular weight excluding hydrogens is 262 g/mol. The second kappa shape index (κ2) is 7.07. The molecule has 4 nitrogen and oxygen atoms in total. The van der Waals surface area contributed by atoms with Gasteiger partial charge in [-0.2, -0.15) is 0 Å². The van der Waals surface area contributed by atoms with E-state index in [0.29, 0.717) is 6.61 Å². The Kier molecular flexibility index (Phi) is 5.14. The van der Waals surface area contributed by atoms with Gasteiger partial charge < -0.3 is 10.1 Å². The molecule has 0 spiro atoms. The zero-order valence-electron chi connectivity index (χ0n) is 13.2. The molecule has 2 aromatic rings. The summed E-state index contributed by atoms with van der Waals surface area (Å²) in [6.45, 7) is 9.72. The molecule has 0 fully saturated rings. The van der Waals surface area contributed by atoms with E-state index in [1.807, 2.05) is 19.1 Å². The van der Waals surface area contributed by atoms with E-state index in [4.69, 9.17) is 4.74 Å². The number of hydrogen-bond acceptors (Lipinski definition) is 4. The number of nitrogens with zero attached hydrogens (tertiary/aromatic N) is 2. The van der Waals surface area contributed by atoms with Gasteiger partial charge in [0.1, 0.15) is 17.4 Å². The highest BCUT2D eigenvalue weighted by molar-refractivity contribution is 5.68. The van der Waals surface area contributed by atoms with Crippen molar-refractivity contribution in [1.82, 2.24) is 9.97 Å². The van der Waals surface area contributed by atoms with Gasteiger partial charge in [-0.1, -0.05) is 6.92 Å². The first-order chi connectivity index (χ1) is 10.2. The van der Waals surface area contributed by atoms with Gasteiger partial charge in [-0.05, 0) is 45.0 Å². The minimum Gasteiger partial charge on any atom is -0.494 e. The zero-order valence-corrected chi connectivity index (χ0v) is 13.2. The number of aryl methyl sites for hydroxylation is 1. The fraction of sp³-hybridized carbons (Fsp3) is 0.412. The Morgan fingerprint density at radius 1 is 1.05 bits per heavy atom. The van der Waals surface area contributed by atoms with E-state index < -0.39 is 0 Å². The minimum absolute atomic E-state index is 0.677. The standard InChI is InChI=1S/C17H23N3O/c1-5-15-19-16(12(4)17(20-15)18-6-2)13-8-10-14(11-9-13)21-7-3/h8-11H,5-7H2,1-4H3,(H,18,19,20). The smallest absolute Gasteiger partial charge is 0.133 e. The van der Waals surface area contributed by atoms with Crippen molar-refractivity contribution in [3.8, 4) is 17.0 Å². The van der Waals surface area contributed by atoms with Gasteiger partial charge in [-0.3, -0.25) is 0 Å². The molecule has 0 bridgehead atoms. The molecule has 1 aromatic carbocycles. The average Bonchev–Trinajstić information content (AvgIpc) is 2.51. The van der Waals surface area contributed by atoms with Gasteiger partial charge in [0.15, 0.2) is 0 Å². The Morgan fingerprint density at radius 3 is 2.33 bits per heavy atom. The van der Waals surface area contributed by atoms with Gasteiger partial charge >= 0.3 is 0 Å². The molecule has 4 heteroatoms. The summed E-state index contributed by atoms with van der Waals surface area (Å²) in [4.78, 5) is 9.25. The number of benzene rings is 1. The quantitative estimate of drug-likeness (QED) is 0.876. The lowest BCUT2D eigenvalue weighted by atomic mass is 10.1. The first-order valence-corrected chi connectivity index (χ1v) is 7.54.